The SMILES string of the molecule is O=C(CN1CCN(S(=O)(=O)c2ccc3c(c2)CCC3)CC1)Nc1ccccc1[N+](=O)[O-]. The fourth-order valence-corrected chi connectivity index (χ4v) is 5.59. The van der Waals surface area contributed by atoms with Crippen LogP contribution in [0.4, 0.5) is 11.4 Å². The molecule has 0 saturated carbocycles. The maximum Gasteiger partial charge on any atom is 0.292 e. The minimum absolute atomic E-state index is 0.0405. The number of anilines is 1. The fraction of sp³-hybridized carbons (Fsp3) is 0.381. The Labute approximate surface area is 180 Å². The second-order valence-corrected chi connectivity index (χ2v) is 9.72. The number of carbonyl (C=O) groups excluding carboxylic acids is 1. The van der Waals surface area contributed by atoms with E-state index >= 15 is 0 Å². The molecule has 1 heterocycles. The van der Waals surface area contributed by atoms with Gasteiger partial charge in [0.15, 0.2) is 0 Å². The van der Waals surface area contributed by atoms with Gasteiger partial charge in [0.2, 0.25) is 15.9 Å². The zero-order valence-electron chi connectivity index (χ0n) is 17.0. The van der Waals surface area contributed by atoms with E-state index in [1.54, 1.807) is 18.2 Å². The number of nitrogens with zero attached hydrogens (tertiary/aromatic N) is 3. The van der Waals surface area contributed by atoms with Crippen molar-refractivity contribution in [3.63, 3.8) is 0 Å². The number of rotatable bonds is 6. The van der Waals surface area contributed by atoms with Gasteiger partial charge in [0.1, 0.15) is 5.69 Å². The van der Waals surface area contributed by atoms with Gasteiger partial charge in [-0.15, -0.1) is 0 Å². The normalized spacial score (nSPS) is 17.3. The second-order valence-electron chi connectivity index (χ2n) is 7.79. The number of para-hydroxylation sites is 2. The summed E-state index contributed by atoms with van der Waals surface area (Å²) in [5.74, 6) is -0.371. The van der Waals surface area contributed by atoms with Crippen LogP contribution in [0.3, 0.4) is 0 Å². The van der Waals surface area contributed by atoms with Gasteiger partial charge in [-0.1, -0.05) is 18.2 Å². The monoisotopic (exact) mass is 444 g/mol. The number of aryl methyl sites for hydroxylation is 2. The first-order valence-electron chi connectivity index (χ1n) is 10.2. The molecular weight excluding hydrogens is 420 g/mol. The van der Waals surface area contributed by atoms with Gasteiger partial charge in [-0.3, -0.25) is 19.8 Å². The highest BCUT2D eigenvalue weighted by Gasteiger charge is 2.30. The van der Waals surface area contributed by atoms with E-state index in [9.17, 15) is 23.3 Å². The van der Waals surface area contributed by atoms with Crippen molar-refractivity contribution in [3.8, 4) is 0 Å². The summed E-state index contributed by atoms with van der Waals surface area (Å²) in [6.07, 6.45) is 2.98. The molecule has 164 valence electrons. The Kier molecular flexibility index (Phi) is 6.03. The number of nitro benzene ring substituents is 1. The highest BCUT2D eigenvalue weighted by Crippen LogP contribution is 2.27. The first-order chi connectivity index (χ1) is 14.8. The van der Waals surface area contributed by atoms with E-state index in [2.05, 4.69) is 5.32 Å². The molecule has 1 aliphatic heterocycles. The van der Waals surface area contributed by atoms with Crippen LogP contribution >= 0.6 is 0 Å². The Bertz CT molecular complexity index is 1110. The zero-order valence-corrected chi connectivity index (χ0v) is 17.8. The van der Waals surface area contributed by atoms with Gasteiger partial charge in [-0.25, -0.2) is 8.42 Å². The molecule has 1 aliphatic carbocycles. The van der Waals surface area contributed by atoms with Crippen molar-refractivity contribution >= 4 is 27.3 Å². The maximum absolute atomic E-state index is 13.0. The number of nitro groups is 1. The van der Waals surface area contributed by atoms with Crippen LogP contribution in [-0.2, 0) is 27.7 Å². The number of hydrogen-bond acceptors (Lipinski definition) is 6. The largest absolute Gasteiger partial charge is 0.319 e. The smallest absolute Gasteiger partial charge is 0.292 e. The van der Waals surface area contributed by atoms with Gasteiger partial charge < -0.3 is 5.32 Å². The van der Waals surface area contributed by atoms with Crippen molar-refractivity contribution in [3.05, 3.63) is 63.7 Å². The third-order valence-electron chi connectivity index (χ3n) is 5.78. The summed E-state index contributed by atoms with van der Waals surface area (Å²) in [5, 5.41) is 13.7. The summed E-state index contributed by atoms with van der Waals surface area (Å²) in [6, 6.07) is 11.4. The standard InChI is InChI=1S/C21H24N4O5S/c26-21(22-19-6-1-2-7-20(19)25(27)28)15-23-10-12-24(13-11-23)31(29,30)18-9-8-16-4-3-5-17(16)14-18/h1-2,6-9,14H,3-5,10-13,15H2,(H,22,26). The molecule has 1 amide bonds. The molecule has 2 aromatic carbocycles. The highest BCUT2D eigenvalue weighted by atomic mass is 32.2. The summed E-state index contributed by atoms with van der Waals surface area (Å²) in [6.45, 7) is 1.44. The lowest BCUT2D eigenvalue weighted by Crippen LogP contribution is -2.50. The van der Waals surface area contributed by atoms with E-state index in [0.717, 1.165) is 24.8 Å². The summed E-state index contributed by atoms with van der Waals surface area (Å²) in [4.78, 5) is 25.1. The van der Waals surface area contributed by atoms with Gasteiger partial charge in [-0.2, -0.15) is 4.31 Å². The van der Waals surface area contributed by atoms with Crippen molar-refractivity contribution in [1.29, 1.82) is 0 Å². The molecular formula is C21H24N4O5S. The molecule has 1 N–H and O–H groups in total. The molecule has 0 atom stereocenters. The van der Waals surface area contributed by atoms with Crippen LogP contribution in [0.25, 0.3) is 0 Å². The number of carbonyl (C=O) groups is 1. The Balaban J connectivity index is 1.34. The van der Waals surface area contributed by atoms with E-state index in [4.69, 9.17) is 0 Å². The summed E-state index contributed by atoms with van der Waals surface area (Å²) < 4.78 is 27.5. The van der Waals surface area contributed by atoms with Crippen LogP contribution in [0, 0.1) is 10.1 Å². The Morgan fingerprint density at radius 1 is 1.03 bits per heavy atom. The van der Waals surface area contributed by atoms with Crippen LogP contribution in [0.2, 0.25) is 0 Å². The minimum Gasteiger partial charge on any atom is -0.319 e. The van der Waals surface area contributed by atoms with Gasteiger partial charge in [0.05, 0.1) is 16.4 Å². The van der Waals surface area contributed by atoms with Crippen molar-refractivity contribution < 1.29 is 18.1 Å². The first-order valence-corrected chi connectivity index (χ1v) is 11.7. The number of benzene rings is 2. The van der Waals surface area contributed by atoms with Crippen LogP contribution in [0.5, 0.6) is 0 Å². The molecule has 31 heavy (non-hydrogen) atoms. The predicted octanol–water partition coefficient (Wildman–Crippen LogP) is 2.03. The van der Waals surface area contributed by atoms with Crippen LogP contribution < -0.4 is 5.32 Å². The van der Waals surface area contributed by atoms with Crippen molar-refractivity contribution in [1.82, 2.24) is 9.21 Å². The minimum atomic E-state index is -3.57. The lowest BCUT2D eigenvalue weighted by atomic mass is 10.1. The van der Waals surface area contributed by atoms with E-state index in [1.165, 1.54) is 28.1 Å². The number of sulfonamides is 1. The van der Waals surface area contributed by atoms with Gasteiger partial charge in [-0.05, 0) is 48.6 Å². The average Bonchev–Trinajstić information content (AvgIpc) is 3.22. The van der Waals surface area contributed by atoms with Crippen LogP contribution in [-0.4, -0.2) is 61.2 Å². The maximum atomic E-state index is 13.0. The van der Waals surface area contributed by atoms with Crippen LogP contribution in [0.15, 0.2) is 47.4 Å². The number of hydrogen-bond donors (Lipinski definition) is 1. The van der Waals surface area contributed by atoms with E-state index in [1.807, 2.05) is 11.0 Å². The molecule has 4 rings (SSSR count). The fourth-order valence-electron chi connectivity index (χ4n) is 4.12. The summed E-state index contributed by atoms with van der Waals surface area (Å²) in [7, 11) is -3.57. The van der Waals surface area contributed by atoms with Crippen LogP contribution in [0.1, 0.15) is 17.5 Å². The number of piperazine rings is 1. The van der Waals surface area contributed by atoms with Crippen molar-refractivity contribution in [2.45, 2.75) is 24.2 Å². The van der Waals surface area contributed by atoms with E-state index in [-0.39, 0.29) is 36.9 Å². The number of nitrogens with one attached hydrogen (secondary N) is 1. The summed E-state index contributed by atoms with van der Waals surface area (Å²) >= 11 is 0. The molecule has 1 fully saturated rings. The highest BCUT2D eigenvalue weighted by molar-refractivity contribution is 7.89. The third kappa shape index (κ3) is 4.60. The average molecular weight is 445 g/mol. The Morgan fingerprint density at radius 2 is 1.74 bits per heavy atom. The van der Waals surface area contributed by atoms with Gasteiger partial charge in [0, 0.05) is 32.2 Å². The molecule has 1 saturated heterocycles. The van der Waals surface area contributed by atoms with Crippen molar-refractivity contribution in [2.75, 3.05) is 38.0 Å². The Hall–Kier alpha value is -2.82. The molecule has 0 radical (unpaired) electrons. The van der Waals surface area contributed by atoms with Gasteiger partial charge >= 0.3 is 0 Å². The molecule has 10 heteroatoms. The first kappa shape index (κ1) is 21.4. The topological polar surface area (TPSA) is 113 Å². The Morgan fingerprint density at radius 3 is 2.48 bits per heavy atom. The van der Waals surface area contributed by atoms with E-state index < -0.39 is 14.9 Å². The van der Waals surface area contributed by atoms with Gasteiger partial charge in [0.25, 0.3) is 5.69 Å². The molecule has 0 aromatic heterocycles. The summed E-state index contributed by atoms with van der Waals surface area (Å²) in [5.41, 5.74) is 2.33. The zero-order chi connectivity index (χ0) is 22.0. The lowest BCUT2D eigenvalue weighted by Gasteiger charge is -2.33. The molecule has 0 spiro atoms. The number of amides is 1. The molecule has 0 unspecified atom stereocenters. The molecule has 9 nitrogen and oxygen atoms in total. The molecule has 2 aliphatic rings. The molecule has 2 aromatic rings. The second kappa shape index (κ2) is 8.74. The third-order valence-corrected chi connectivity index (χ3v) is 7.68. The predicted molar refractivity (Wildman–Crippen MR) is 115 cm³/mol. The van der Waals surface area contributed by atoms with E-state index in [0.29, 0.717) is 18.0 Å². The number of fused-ring (bicyclic) bond motifs is 1. The van der Waals surface area contributed by atoms with Crippen molar-refractivity contribution in [2.24, 2.45) is 0 Å². The molecule has 0 bridgehead atoms. The lowest BCUT2D eigenvalue weighted by molar-refractivity contribution is -0.383. The quantitative estimate of drug-likeness (QED) is 0.539.